The van der Waals surface area contributed by atoms with Gasteiger partial charge in [-0.05, 0) is 43.7 Å². The number of aromatic nitrogens is 1. The molecule has 0 spiro atoms. The first-order valence-electron chi connectivity index (χ1n) is 13.5. The number of phenols is 1. The van der Waals surface area contributed by atoms with Gasteiger partial charge in [0.1, 0.15) is 21.9 Å². The molecular weight excluding hydrogens is 560 g/mol. The van der Waals surface area contributed by atoms with Gasteiger partial charge in [0.25, 0.3) is 0 Å². The van der Waals surface area contributed by atoms with Crippen molar-refractivity contribution in [1.29, 1.82) is 0 Å². The van der Waals surface area contributed by atoms with Crippen molar-refractivity contribution < 1.29 is 24.1 Å². The van der Waals surface area contributed by atoms with E-state index in [1.54, 1.807) is 37.7 Å². The molecule has 1 atom stereocenters. The van der Waals surface area contributed by atoms with Crippen molar-refractivity contribution in [3.05, 3.63) is 57.1 Å². The molecular formula is C30H38N4O5S2. The summed E-state index contributed by atoms with van der Waals surface area (Å²) >= 11 is 3.44. The van der Waals surface area contributed by atoms with Crippen LogP contribution in [0, 0.1) is 6.92 Å². The average molecular weight is 599 g/mol. The SMILES string of the molecule is COc1cc(C2NC(CN3CCN(Cc4csc(-c5cc(OC)c(O)c(OC)c5)n4)CC3)=C(C)S2)cc(OC)c1C. The van der Waals surface area contributed by atoms with E-state index in [9.17, 15) is 5.11 Å². The second-order valence-electron chi connectivity index (χ2n) is 10.2. The Hall–Kier alpha value is -3.12. The van der Waals surface area contributed by atoms with E-state index in [2.05, 4.69) is 39.6 Å². The number of ether oxygens (including phenoxy) is 4. The van der Waals surface area contributed by atoms with Gasteiger partial charge in [-0.3, -0.25) is 9.80 Å². The summed E-state index contributed by atoms with van der Waals surface area (Å²) in [5, 5.41) is 17.1. The van der Waals surface area contributed by atoms with E-state index in [0.29, 0.717) is 11.5 Å². The molecule has 2 aliphatic heterocycles. The lowest BCUT2D eigenvalue weighted by Gasteiger charge is -2.34. The van der Waals surface area contributed by atoms with Crippen LogP contribution in [-0.4, -0.2) is 81.1 Å². The minimum Gasteiger partial charge on any atom is -0.502 e. The van der Waals surface area contributed by atoms with Crippen LogP contribution in [0.25, 0.3) is 10.6 Å². The van der Waals surface area contributed by atoms with E-state index in [4.69, 9.17) is 23.9 Å². The number of phenolic OH excluding ortho intramolecular Hbond substituents is 1. The highest BCUT2D eigenvalue weighted by molar-refractivity contribution is 8.03. The molecule has 3 heterocycles. The van der Waals surface area contributed by atoms with Gasteiger partial charge in [0.05, 0.1) is 34.1 Å². The molecule has 1 aromatic heterocycles. The molecule has 0 amide bonds. The van der Waals surface area contributed by atoms with Gasteiger partial charge in [0.15, 0.2) is 11.5 Å². The molecule has 5 rings (SSSR count). The number of rotatable bonds is 10. The maximum Gasteiger partial charge on any atom is 0.200 e. The van der Waals surface area contributed by atoms with Gasteiger partial charge in [-0.25, -0.2) is 4.98 Å². The van der Waals surface area contributed by atoms with E-state index < -0.39 is 0 Å². The minimum atomic E-state index is -0.00288. The summed E-state index contributed by atoms with van der Waals surface area (Å²) in [6, 6.07) is 7.80. The number of hydrogen-bond acceptors (Lipinski definition) is 11. The number of hydrogen-bond donors (Lipinski definition) is 2. The molecule has 1 unspecified atom stereocenters. The Kier molecular flexibility index (Phi) is 9.18. The third kappa shape index (κ3) is 6.38. The number of piperazine rings is 1. The third-order valence-corrected chi connectivity index (χ3v) is 9.78. The second kappa shape index (κ2) is 12.8. The summed E-state index contributed by atoms with van der Waals surface area (Å²) < 4.78 is 21.8. The zero-order chi connectivity index (χ0) is 29.1. The maximum atomic E-state index is 10.2. The normalized spacial score (nSPS) is 18.0. The molecule has 2 aromatic carbocycles. The van der Waals surface area contributed by atoms with Gasteiger partial charge in [-0.2, -0.15) is 0 Å². The highest BCUT2D eigenvalue weighted by Gasteiger charge is 2.27. The van der Waals surface area contributed by atoms with Crippen LogP contribution < -0.4 is 24.3 Å². The minimum absolute atomic E-state index is 0.00288. The van der Waals surface area contributed by atoms with E-state index in [0.717, 1.165) is 78.2 Å². The van der Waals surface area contributed by atoms with Crippen molar-refractivity contribution in [2.45, 2.75) is 25.8 Å². The smallest absolute Gasteiger partial charge is 0.200 e. The zero-order valence-electron chi connectivity index (χ0n) is 24.4. The number of nitrogens with zero attached hydrogens (tertiary/aromatic N) is 3. The Labute approximate surface area is 250 Å². The van der Waals surface area contributed by atoms with Crippen molar-refractivity contribution in [3.63, 3.8) is 0 Å². The molecule has 0 bridgehead atoms. The van der Waals surface area contributed by atoms with Gasteiger partial charge < -0.3 is 29.4 Å². The van der Waals surface area contributed by atoms with E-state index >= 15 is 0 Å². The molecule has 0 radical (unpaired) electrons. The monoisotopic (exact) mass is 598 g/mol. The number of nitrogens with one attached hydrogen (secondary N) is 1. The molecule has 0 saturated carbocycles. The number of aromatic hydroxyl groups is 1. The third-order valence-electron chi connectivity index (χ3n) is 7.61. The maximum absolute atomic E-state index is 10.2. The molecule has 1 fully saturated rings. The standard InChI is InChI=1S/C30H38N4O5S2/c1-18-24(36-3)11-21(12-25(18)37-4)30-32-23(19(2)41-30)16-34-9-7-33(8-10-34)15-22-17-40-29(31-22)20-13-26(38-5)28(35)27(14-20)39-6/h11-14,17,30,32,35H,7-10,15-16H2,1-6H3. The summed E-state index contributed by atoms with van der Waals surface area (Å²) in [6.07, 6.45) is 0. The number of methoxy groups -OCH3 is 4. The van der Waals surface area contributed by atoms with Crippen LogP contribution >= 0.6 is 23.1 Å². The zero-order valence-corrected chi connectivity index (χ0v) is 26.1. The first-order chi connectivity index (χ1) is 19.8. The first-order valence-corrected chi connectivity index (χ1v) is 15.3. The van der Waals surface area contributed by atoms with Crippen LogP contribution in [0.5, 0.6) is 28.7 Å². The number of allylic oxidation sites excluding steroid dienone is 1. The number of thioether (sulfide) groups is 1. The summed E-state index contributed by atoms with van der Waals surface area (Å²) in [6.45, 7) is 9.92. The van der Waals surface area contributed by atoms with Gasteiger partial charge in [-0.1, -0.05) is 11.8 Å². The van der Waals surface area contributed by atoms with Crippen LogP contribution in [0.2, 0.25) is 0 Å². The fourth-order valence-corrected chi connectivity index (χ4v) is 7.08. The second-order valence-corrected chi connectivity index (χ2v) is 12.3. The highest BCUT2D eigenvalue weighted by Crippen LogP contribution is 2.44. The Morgan fingerprint density at radius 2 is 1.41 bits per heavy atom. The van der Waals surface area contributed by atoms with Crippen LogP contribution in [-0.2, 0) is 6.54 Å². The van der Waals surface area contributed by atoms with E-state index in [-0.39, 0.29) is 11.1 Å². The molecule has 11 heteroatoms. The van der Waals surface area contributed by atoms with Crippen LogP contribution in [0.15, 0.2) is 40.2 Å². The largest absolute Gasteiger partial charge is 0.502 e. The summed E-state index contributed by atoms with van der Waals surface area (Å²) in [7, 11) is 6.46. The van der Waals surface area contributed by atoms with Gasteiger partial charge in [-0.15, -0.1) is 11.3 Å². The number of thiazole rings is 1. The van der Waals surface area contributed by atoms with Gasteiger partial charge in [0, 0.05) is 66.4 Å². The molecule has 41 heavy (non-hydrogen) atoms. The molecule has 0 aliphatic carbocycles. The molecule has 2 N–H and O–H groups in total. The predicted molar refractivity (Wildman–Crippen MR) is 164 cm³/mol. The topological polar surface area (TPSA) is 88.6 Å². The van der Waals surface area contributed by atoms with Gasteiger partial charge in [0.2, 0.25) is 5.75 Å². The van der Waals surface area contributed by atoms with Crippen LogP contribution in [0.3, 0.4) is 0 Å². The van der Waals surface area contributed by atoms with Crippen LogP contribution in [0.4, 0.5) is 0 Å². The quantitative estimate of drug-likeness (QED) is 0.323. The molecule has 2 aliphatic rings. The first kappa shape index (κ1) is 29.4. The summed E-state index contributed by atoms with van der Waals surface area (Å²) in [5.74, 6) is 2.43. The summed E-state index contributed by atoms with van der Waals surface area (Å²) in [4.78, 5) is 11.2. The Morgan fingerprint density at radius 3 is 1.98 bits per heavy atom. The van der Waals surface area contributed by atoms with E-state index in [1.165, 1.54) is 24.8 Å². The average Bonchev–Trinajstić information content (AvgIpc) is 3.60. The lowest BCUT2D eigenvalue weighted by molar-refractivity contribution is 0.132. The Balaban J connectivity index is 1.15. The Morgan fingerprint density at radius 1 is 0.854 bits per heavy atom. The fourth-order valence-electron chi connectivity index (χ4n) is 5.19. The lowest BCUT2D eigenvalue weighted by atomic mass is 10.1. The van der Waals surface area contributed by atoms with Crippen molar-refractivity contribution in [2.24, 2.45) is 0 Å². The number of benzene rings is 2. The van der Waals surface area contributed by atoms with Crippen molar-refractivity contribution >= 4 is 23.1 Å². The molecule has 1 saturated heterocycles. The Bertz CT molecular complexity index is 1370. The predicted octanol–water partition coefficient (Wildman–Crippen LogP) is 5.24. The van der Waals surface area contributed by atoms with Crippen molar-refractivity contribution in [3.8, 4) is 39.3 Å². The molecule has 3 aromatic rings. The van der Waals surface area contributed by atoms with Crippen molar-refractivity contribution in [1.82, 2.24) is 20.1 Å². The van der Waals surface area contributed by atoms with Gasteiger partial charge >= 0.3 is 0 Å². The van der Waals surface area contributed by atoms with Crippen LogP contribution in [0.1, 0.15) is 29.1 Å². The van der Waals surface area contributed by atoms with Crippen molar-refractivity contribution in [2.75, 3.05) is 61.2 Å². The van der Waals surface area contributed by atoms with E-state index in [1.807, 2.05) is 18.7 Å². The lowest BCUT2D eigenvalue weighted by Crippen LogP contribution is -2.47. The molecule has 220 valence electrons. The molecule has 9 nitrogen and oxygen atoms in total. The highest BCUT2D eigenvalue weighted by atomic mass is 32.2. The fraction of sp³-hybridized carbons (Fsp3) is 0.433. The summed E-state index contributed by atoms with van der Waals surface area (Å²) in [5.41, 5.74) is 5.36.